The van der Waals surface area contributed by atoms with E-state index in [1.165, 1.54) is 5.56 Å². The number of rotatable bonds is 2. The molecule has 1 fully saturated rings. The lowest BCUT2D eigenvalue weighted by molar-refractivity contribution is -0.123. The number of nitrogens with two attached hydrogens (primary N) is 1. The first-order valence-corrected chi connectivity index (χ1v) is 6.85. The average molecular weight is 312 g/mol. The van der Waals surface area contributed by atoms with Gasteiger partial charge in [-0.25, -0.2) is 0 Å². The molecule has 1 heterocycles. The highest BCUT2D eigenvalue weighted by atomic mass is 79.9. The molecule has 2 unspecified atom stereocenters. The van der Waals surface area contributed by atoms with Gasteiger partial charge in [0.1, 0.15) is 6.04 Å². The SMILES string of the molecule is Cc1ccc(N2CC(C)NC(=O)C2CN)c(Br)c1. The summed E-state index contributed by atoms with van der Waals surface area (Å²) in [5.41, 5.74) is 7.94. The second-order valence-corrected chi connectivity index (χ2v) is 5.62. The Morgan fingerprint density at radius 3 is 2.89 bits per heavy atom. The highest BCUT2D eigenvalue weighted by Gasteiger charge is 2.32. The Morgan fingerprint density at radius 2 is 2.28 bits per heavy atom. The predicted octanol–water partition coefficient (Wildman–Crippen LogP) is 1.41. The van der Waals surface area contributed by atoms with Crippen LogP contribution in [0.15, 0.2) is 22.7 Å². The van der Waals surface area contributed by atoms with Crippen molar-refractivity contribution < 1.29 is 4.79 Å². The summed E-state index contributed by atoms with van der Waals surface area (Å²) >= 11 is 3.56. The summed E-state index contributed by atoms with van der Waals surface area (Å²) in [6, 6.07) is 5.98. The highest BCUT2D eigenvalue weighted by Crippen LogP contribution is 2.29. The van der Waals surface area contributed by atoms with Gasteiger partial charge in [0, 0.05) is 23.6 Å². The fourth-order valence-corrected chi connectivity index (χ4v) is 3.01. The molecule has 1 amide bonds. The fourth-order valence-electron chi connectivity index (χ4n) is 2.29. The van der Waals surface area contributed by atoms with Crippen LogP contribution in [0.5, 0.6) is 0 Å². The van der Waals surface area contributed by atoms with E-state index in [9.17, 15) is 4.79 Å². The Hall–Kier alpha value is -1.07. The van der Waals surface area contributed by atoms with Crippen molar-refractivity contribution in [3.63, 3.8) is 0 Å². The van der Waals surface area contributed by atoms with Gasteiger partial charge in [-0.2, -0.15) is 0 Å². The van der Waals surface area contributed by atoms with E-state index in [4.69, 9.17) is 5.73 Å². The van der Waals surface area contributed by atoms with E-state index in [-0.39, 0.29) is 18.0 Å². The molecule has 2 rings (SSSR count). The lowest BCUT2D eigenvalue weighted by Crippen LogP contribution is -2.61. The predicted molar refractivity (Wildman–Crippen MR) is 76.7 cm³/mol. The fraction of sp³-hybridized carbons (Fsp3) is 0.462. The summed E-state index contributed by atoms with van der Waals surface area (Å²) in [6.45, 7) is 5.13. The summed E-state index contributed by atoms with van der Waals surface area (Å²) in [5.74, 6) is 0.00345. The quantitative estimate of drug-likeness (QED) is 0.868. The van der Waals surface area contributed by atoms with Crippen LogP contribution in [0.4, 0.5) is 5.69 Å². The third-order valence-corrected chi connectivity index (χ3v) is 3.81. The number of amides is 1. The summed E-state index contributed by atoms with van der Waals surface area (Å²) in [5, 5.41) is 2.93. The molecular formula is C13H18BrN3O. The van der Waals surface area contributed by atoms with Crippen molar-refractivity contribution >= 4 is 27.5 Å². The van der Waals surface area contributed by atoms with E-state index >= 15 is 0 Å². The first-order chi connectivity index (χ1) is 8.52. The van der Waals surface area contributed by atoms with Crippen molar-refractivity contribution in [1.82, 2.24) is 5.32 Å². The molecule has 1 aromatic carbocycles. The number of nitrogens with zero attached hydrogens (tertiary/aromatic N) is 1. The van der Waals surface area contributed by atoms with Crippen LogP contribution in [0.25, 0.3) is 0 Å². The molecule has 4 nitrogen and oxygen atoms in total. The van der Waals surface area contributed by atoms with Gasteiger partial charge in [-0.1, -0.05) is 6.07 Å². The molecule has 1 aromatic rings. The number of benzene rings is 1. The standard InChI is InChI=1S/C13H18BrN3O/c1-8-3-4-11(10(14)5-8)17-7-9(2)16-13(18)12(17)6-15/h3-5,9,12H,6-7,15H2,1-2H3,(H,16,18). The second-order valence-electron chi connectivity index (χ2n) is 4.77. The molecule has 98 valence electrons. The molecule has 1 aliphatic rings. The van der Waals surface area contributed by atoms with Gasteiger partial charge in [0.2, 0.25) is 5.91 Å². The minimum absolute atomic E-state index is 0.00345. The van der Waals surface area contributed by atoms with Gasteiger partial charge in [-0.05, 0) is 47.5 Å². The number of carbonyl (C=O) groups excluding carboxylic acids is 1. The van der Waals surface area contributed by atoms with Gasteiger partial charge in [0.25, 0.3) is 0 Å². The van der Waals surface area contributed by atoms with Crippen LogP contribution in [-0.4, -0.2) is 31.1 Å². The van der Waals surface area contributed by atoms with Crippen molar-refractivity contribution in [2.45, 2.75) is 25.9 Å². The Bertz CT molecular complexity index is 464. The van der Waals surface area contributed by atoms with Gasteiger partial charge >= 0.3 is 0 Å². The van der Waals surface area contributed by atoms with Gasteiger partial charge in [-0.15, -0.1) is 0 Å². The third-order valence-electron chi connectivity index (χ3n) is 3.17. The maximum Gasteiger partial charge on any atom is 0.244 e. The van der Waals surface area contributed by atoms with E-state index < -0.39 is 0 Å². The number of nitrogens with one attached hydrogen (secondary N) is 1. The number of halogens is 1. The maximum absolute atomic E-state index is 11.9. The number of aryl methyl sites for hydroxylation is 1. The molecule has 18 heavy (non-hydrogen) atoms. The molecule has 1 aliphatic heterocycles. The van der Waals surface area contributed by atoms with E-state index in [0.29, 0.717) is 6.54 Å². The molecule has 3 N–H and O–H groups in total. The van der Waals surface area contributed by atoms with E-state index in [1.54, 1.807) is 0 Å². The number of piperazine rings is 1. The van der Waals surface area contributed by atoms with Crippen molar-refractivity contribution in [2.24, 2.45) is 5.73 Å². The Balaban J connectivity index is 2.36. The van der Waals surface area contributed by atoms with Gasteiger partial charge in [0.15, 0.2) is 0 Å². The average Bonchev–Trinajstić information content (AvgIpc) is 2.28. The third kappa shape index (κ3) is 2.52. The Morgan fingerprint density at radius 1 is 1.56 bits per heavy atom. The minimum atomic E-state index is -0.291. The number of carbonyl (C=O) groups is 1. The molecule has 1 saturated heterocycles. The first-order valence-electron chi connectivity index (χ1n) is 6.06. The minimum Gasteiger partial charge on any atom is -0.356 e. The summed E-state index contributed by atoms with van der Waals surface area (Å²) in [7, 11) is 0. The molecule has 0 saturated carbocycles. The molecule has 0 bridgehead atoms. The van der Waals surface area contributed by atoms with Crippen LogP contribution in [0.1, 0.15) is 12.5 Å². The molecular weight excluding hydrogens is 294 g/mol. The van der Waals surface area contributed by atoms with E-state index in [1.807, 2.05) is 26.0 Å². The van der Waals surface area contributed by atoms with Crippen molar-refractivity contribution in [3.8, 4) is 0 Å². The normalized spacial score (nSPS) is 24.0. The molecule has 2 atom stereocenters. The lowest BCUT2D eigenvalue weighted by Gasteiger charge is -2.39. The number of hydrogen-bond donors (Lipinski definition) is 2. The topological polar surface area (TPSA) is 58.4 Å². The van der Waals surface area contributed by atoms with Gasteiger partial charge in [0.05, 0.1) is 5.69 Å². The van der Waals surface area contributed by atoms with Crippen molar-refractivity contribution in [1.29, 1.82) is 0 Å². The Kier molecular flexibility index (Phi) is 3.92. The van der Waals surface area contributed by atoms with E-state index in [2.05, 4.69) is 32.2 Å². The molecule has 0 aliphatic carbocycles. The summed E-state index contributed by atoms with van der Waals surface area (Å²) in [6.07, 6.45) is 0. The van der Waals surface area contributed by atoms with E-state index in [0.717, 1.165) is 16.7 Å². The zero-order chi connectivity index (χ0) is 13.3. The largest absolute Gasteiger partial charge is 0.356 e. The van der Waals surface area contributed by atoms with Crippen LogP contribution in [0.3, 0.4) is 0 Å². The van der Waals surface area contributed by atoms with Crippen LogP contribution < -0.4 is 16.0 Å². The number of anilines is 1. The second kappa shape index (κ2) is 5.28. The number of hydrogen-bond acceptors (Lipinski definition) is 3. The molecule has 0 radical (unpaired) electrons. The monoisotopic (exact) mass is 311 g/mol. The smallest absolute Gasteiger partial charge is 0.244 e. The summed E-state index contributed by atoms with van der Waals surface area (Å²) in [4.78, 5) is 14.0. The van der Waals surface area contributed by atoms with Gasteiger partial charge < -0.3 is 16.0 Å². The zero-order valence-electron chi connectivity index (χ0n) is 10.6. The molecule has 0 aromatic heterocycles. The van der Waals surface area contributed by atoms with Crippen LogP contribution in [0.2, 0.25) is 0 Å². The first kappa shape index (κ1) is 13.4. The van der Waals surface area contributed by atoms with Crippen LogP contribution >= 0.6 is 15.9 Å². The van der Waals surface area contributed by atoms with Gasteiger partial charge in [-0.3, -0.25) is 4.79 Å². The van der Waals surface area contributed by atoms with Crippen LogP contribution in [0, 0.1) is 6.92 Å². The van der Waals surface area contributed by atoms with Crippen molar-refractivity contribution in [2.75, 3.05) is 18.0 Å². The zero-order valence-corrected chi connectivity index (χ0v) is 12.2. The lowest BCUT2D eigenvalue weighted by atomic mass is 10.1. The van der Waals surface area contributed by atoms with Crippen LogP contribution in [-0.2, 0) is 4.79 Å². The summed E-state index contributed by atoms with van der Waals surface area (Å²) < 4.78 is 1.00. The molecule has 0 spiro atoms. The maximum atomic E-state index is 11.9. The Labute approximate surface area is 116 Å². The van der Waals surface area contributed by atoms with Crippen molar-refractivity contribution in [3.05, 3.63) is 28.2 Å². The highest BCUT2D eigenvalue weighted by molar-refractivity contribution is 9.10. The molecule has 5 heteroatoms.